The Hall–Kier alpha value is -0.650. The lowest BCUT2D eigenvalue weighted by atomic mass is 9.41. The normalized spacial score (nSPS) is 51.4. The Morgan fingerprint density at radius 3 is 2.37 bits per heavy atom. The SMILES string of the molecule is CC[C@H]1[C@@H](O)C2C3CC[C@H]([C@H](C)CC(=N)NO)[C@@]3(C)CCC2[C@@]2(C)CC[C@@H](O)C[C@@H]12. The van der Waals surface area contributed by atoms with Gasteiger partial charge < -0.3 is 10.2 Å². The highest BCUT2D eigenvalue weighted by Gasteiger charge is 2.64. The van der Waals surface area contributed by atoms with E-state index in [0.717, 1.165) is 25.7 Å². The summed E-state index contributed by atoms with van der Waals surface area (Å²) < 4.78 is 0. The number of rotatable bonds is 4. The zero-order valence-electron chi connectivity index (χ0n) is 19.4. The van der Waals surface area contributed by atoms with Crippen LogP contribution >= 0.6 is 0 Å². The van der Waals surface area contributed by atoms with Gasteiger partial charge in [-0.1, -0.05) is 34.1 Å². The van der Waals surface area contributed by atoms with Crippen molar-refractivity contribution in [3.63, 3.8) is 0 Å². The lowest BCUT2D eigenvalue weighted by molar-refractivity contribution is -0.203. The van der Waals surface area contributed by atoms with Crippen molar-refractivity contribution in [3.05, 3.63) is 0 Å². The summed E-state index contributed by atoms with van der Waals surface area (Å²) in [5.74, 6) is 3.35. The molecule has 3 unspecified atom stereocenters. The van der Waals surface area contributed by atoms with Crippen molar-refractivity contribution in [1.82, 2.24) is 5.48 Å². The van der Waals surface area contributed by atoms with Crippen LogP contribution < -0.4 is 5.48 Å². The van der Waals surface area contributed by atoms with Crippen LogP contribution in [0.15, 0.2) is 0 Å². The molecule has 0 spiro atoms. The van der Waals surface area contributed by atoms with Crippen LogP contribution in [0.3, 0.4) is 0 Å². The Morgan fingerprint density at radius 1 is 1.03 bits per heavy atom. The summed E-state index contributed by atoms with van der Waals surface area (Å²) in [6, 6.07) is 0. The van der Waals surface area contributed by atoms with Gasteiger partial charge in [-0.3, -0.25) is 16.1 Å². The third-order valence-electron chi connectivity index (χ3n) is 10.8. The molecule has 5 heteroatoms. The van der Waals surface area contributed by atoms with Gasteiger partial charge in [0.25, 0.3) is 0 Å². The Labute approximate surface area is 182 Å². The molecule has 4 fully saturated rings. The number of nitrogens with one attached hydrogen (secondary N) is 2. The van der Waals surface area contributed by atoms with E-state index in [1.165, 1.54) is 25.7 Å². The van der Waals surface area contributed by atoms with E-state index in [-0.39, 0.29) is 28.9 Å². The van der Waals surface area contributed by atoms with Gasteiger partial charge in [0, 0.05) is 6.42 Å². The Kier molecular flexibility index (Phi) is 6.04. The summed E-state index contributed by atoms with van der Waals surface area (Å²) in [5.41, 5.74) is 2.50. The van der Waals surface area contributed by atoms with Crippen LogP contribution in [0.25, 0.3) is 0 Å². The summed E-state index contributed by atoms with van der Waals surface area (Å²) in [4.78, 5) is 0. The van der Waals surface area contributed by atoms with Crippen LogP contribution in [-0.2, 0) is 0 Å². The molecule has 4 aliphatic rings. The molecular formula is C25H44N2O3. The molecule has 0 radical (unpaired) electrons. The van der Waals surface area contributed by atoms with E-state index in [1.54, 1.807) is 0 Å². The number of fused-ring (bicyclic) bond motifs is 5. The first-order valence-electron chi connectivity index (χ1n) is 12.5. The van der Waals surface area contributed by atoms with Crippen LogP contribution in [0.1, 0.15) is 85.5 Å². The van der Waals surface area contributed by atoms with Gasteiger partial charge in [-0.25, -0.2) is 0 Å². The van der Waals surface area contributed by atoms with Crippen LogP contribution in [0.4, 0.5) is 0 Å². The number of hydrogen-bond acceptors (Lipinski definition) is 4. The molecule has 30 heavy (non-hydrogen) atoms. The molecule has 4 aliphatic carbocycles. The maximum Gasteiger partial charge on any atom is 0.118 e. The summed E-state index contributed by atoms with van der Waals surface area (Å²) in [6.45, 7) is 9.42. The van der Waals surface area contributed by atoms with Gasteiger partial charge >= 0.3 is 0 Å². The summed E-state index contributed by atoms with van der Waals surface area (Å²) in [7, 11) is 0. The molecule has 0 aliphatic heterocycles. The molecule has 0 heterocycles. The number of aliphatic hydroxyl groups is 2. The third kappa shape index (κ3) is 3.26. The molecule has 172 valence electrons. The molecule has 0 aromatic heterocycles. The van der Waals surface area contributed by atoms with E-state index in [0.29, 0.717) is 47.8 Å². The fourth-order valence-corrected chi connectivity index (χ4v) is 9.44. The number of aliphatic hydroxyl groups excluding tert-OH is 2. The fraction of sp³-hybridized carbons (Fsp3) is 0.960. The van der Waals surface area contributed by atoms with Crippen molar-refractivity contribution >= 4 is 5.84 Å². The van der Waals surface area contributed by atoms with Gasteiger partial charge in [0.15, 0.2) is 0 Å². The van der Waals surface area contributed by atoms with Crippen molar-refractivity contribution in [2.75, 3.05) is 0 Å². The molecule has 5 N–H and O–H groups in total. The lowest BCUT2D eigenvalue weighted by Gasteiger charge is -2.64. The minimum absolute atomic E-state index is 0.193. The van der Waals surface area contributed by atoms with Crippen LogP contribution in [0.2, 0.25) is 0 Å². The molecule has 0 aromatic carbocycles. The van der Waals surface area contributed by atoms with Gasteiger partial charge in [-0.05, 0) is 97.2 Å². The first kappa shape index (κ1) is 22.5. The van der Waals surface area contributed by atoms with Crippen molar-refractivity contribution in [2.24, 2.45) is 52.3 Å². The minimum Gasteiger partial charge on any atom is -0.393 e. The molecule has 0 bridgehead atoms. The van der Waals surface area contributed by atoms with Crippen LogP contribution in [-0.4, -0.2) is 33.5 Å². The molecule has 11 atom stereocenters. The van der Waals surface area contributed by atoms with Crippen LogP contribution in [0.5, 0.6) is 0 Å². The lowest BCUT2D eigenvalue weighted by Crippen LogP contribution is -2.62. The maximum absolute atomic E-state index is 11.7. The summed E-state index contributed by atoms with van der Waals surface area (Å²) in [5, 5.41) is 39.1. The summed E-state index contributed by atoms with van der Waals surface area (Å²) >= 11 is 0. The third-order valence-corrected chi connectivity index (χ3v) is 10.8. The van der Waals surface area contributed by atoms with E-state index in [4.69, 9.17) is 10.6 Å². The molecule has 4 saturated carbocycles. The second kappa shape index (κ2) is 8.04. The second-order valence-electron chi connectivity index (χ2n) is 11.9. The highest BCUT2D eigenvalue weighted by atomic mass is 16.5. The maximum atomic E-state index is 11.7. The van der Waals surface area contributed by atoms with E-state index in [9.17, 15) is 10.2 Å². The number of amidine groups is 1. The van der Waals surface area contributed by atoms with E-state index in [1.807, 2.05) is 5.48 Å². The largest absolute Gasteiger partial charge is 0.393 e. The quantitative estimate of drug-likeness (QED) is 0.261. The molecule has 5 nitrogen and oxygen atoms in total. The Morgan fingerprint density at radius 2 is 1.70 bits per heavy atom. The highest BCUT2D eigenvalue weighted by molar-refractivity contribution is 5.77. The second-order valence-corrected chi connectivity index (χ2v) is 11.9. The topological polar surface area (TPSA) is 96.6 Å². The van der Waals surface area contributed by atoms with Gasteiger partial charge in [0.2, 0.25) is 0 Å². The van der Waals surface area contributed by atoms with Crippen molar-refractivity contribution in [3.8, 4) is 0 Å². The standard InChI is InChI=1S/C25H44N2O3/c1-5-16-20-13-15(28)8-10-25(20,4)19-9-11-24(3)17(14(2)12-21(26)27-30)6-7-18(24)22(19)23(16)29/h14-20,22-23,28-30H,5-13H2,1-4H3,(H2,26,27)/t14-,15-,16-,17-,18?,19?,20+,22?,23-,24-,25-/m1/s1. The molecular weight excluding hydrogens is 376 g/mol. The fourth-order valence-electron chi connectivity index (χ4n) is 9.44. The Bertz CT molecular complexity index is 656. The van der Waals surface area contributed by atoms with Crippen molar-refractivity contribution < 1.29 is 15.4 Å². The van der Waals surface area contributed by atoms with Crippen molar-refractivity contribution in [2.45, 2.75) is 97.7 Å². The smallest absolute Gasteiger partial charge is 0.118 e. The van der Waals surface area contributed by atoms with Gasteiger partial charge in [0.05, 0.1) is 12.2 Å². The number of hydroxylamine groups is 1. The first-order valence-corrected chi connectivity index (χ1v) is 12.5. The molecule has 0 saturated heterocycles. The van der Waals surface area contributed by atoms with E-state index in [2.05, 4.69) is 27.7 Å². The Balaban J connectivity index is 1.63. The molecule has 0 aromatic rings. The predicted octanol–water partition coefficient (Wildman–Crippen LogP) is 4.60. The zero-order valence-corrected chi connectivity index (χ0v) is 19.4. The monoisotopic (exact) mass is 420 g/mol. The summed E-state index contributed by atoms with van der Waals surface area (Å²) in [6.07, 6.45) is 8.79. The van der Waals surface area contributed by atoms with Gasteiger partial charge in [-0.15, -0.1) is 0 Å². The minimum atomic E-state index is -0.250. The molecule has 4 rings (SSSR count). The first-order chi connectivity index (χ1) is 14.2. The average molecular weight is 421 g/mol. The molecule has 0 amide bonds. The zero-order chi connectivity index (χ0) is 21.8. The predicted molar refractivity (Wildman–Crippen MR) is 118 cm³/mol. The van der Waals surface area contributed by atoms with Gasteiger partial charge in [-0.2, -0.15) is 0 Å². The average Bonchev–Trinajstić information content (AvgIpc) is 3.06. The van der Waals surface area contributed by atoms with Crippen molar-refractivity contribution in [1.29, 1.82) is 5.41 Å². The highest BCUT2D eigenvalue weighted by Crippen LogP contribution is 2.69. The van der Waals surface area contributed by atoms with Crippen LogP contribution in [0, 0.1) is 57.7 Å². The number of hydrogen-bond donors (Lipinski definition) is 5. The van der Waals surface area contributed by atoms with E-state index < -0.39 is 0 Å². The van der Waals surface area contributed by atoms with Gasteiger partial charge in [0.1, 0.15) is 5.84 Å². The van der Waals surface area contributed by atoms with E-state index >= 15 is 0 Å².